The number of nitrogens with one attached hydrogen (secondary N) is 2. The van der Waals surface area contributed by atoms with Gasteiger partial charge in [0, 0.05) is 17.8 Å². The number of fused-ring (bicyclic) bond motifs is 1. The van der Waals surface area contributed by atoms with Crippen molar-refractivity contribution in [3.8, 4) is 11.8 Å². The molecule has 10 heteroatoms. The molecule has 0 saturated heterocycles. The number of anilines is 1. The molecule has 9 nitrogen and oxygen atoms in total. The van der Waals surface area contributed by atoms with Crippen molar-refractivity contribution in [3.05, 3.63) is 45.8 Å². The van der Waals surface area contributed by atoms with Crippen molar-refractivity contribution < 1.29 is 19.1 Å². The highest BCUT2D eigenvalue weighted by molar-refractivity contribution is 7.16. The highest BCUT2D eigenvalue weighted by atomic mass is 32.1. The van der Waals surface area contributed by atoms with Crippen molar-refractivity contribution in [1.82, 2.24) is 10.2 Å². The summed E-state index contributed by atoms with van der Waals surface area (Å²) in [4.78, 5) is 38.0. The van der Waals surface area contributed by atoms with Gasteiger partial charge in [-0.2, -0.15) is 5.26 Å². The predicted octanol–water partition coefficient (Wildman–Crippen LogP) is 1.75. The van der Waals surface area contributed by atoms with Gasteiger partial charge < -0.3 is 26.0 Å². The Morgan fingerprint density at radius 1 is 1.32 bits per heavy atom. The molecule has 0 fully saturated rings. The highest BCUT2D eigenvalue weighted by Crippen LogP contribution is 2.36. The topological polar surface area (TPSA) is 138 Å². The number of carbonyl (C=O) groups excluding carboxylic acids is 3. The molecular formula is C21H23N5O4S. The third-order valence-electron chi connectivity index (χ3n) is 4.94. The number of benzene rings is 1. The lowest BCUT2D eigenvalue weighted by molar-refractivity contribution is -0.117. The van der Waals surface area contributed by atoms with Gasteiger partial charge in [0.2, 0.25) is 11.8 Å². The van der Waals surface area contributed by atoms with Crippen LogP contribution in [0.5, 0.6) is 5.75 Å². The van der Waals surface area contributed by atoms with E-state index in [1.54, 1.807) is 12.0 Å². The number of methoxy groups -OCH3 is 1. The maximum Gasteiger partial charge on any atom is 0.318 e. The zero-order valence-corrected chi connectivity index (χ0v) is 17.9. The maximum atomic E-state index is 12.5. The zero-order valence-electron chi connectivity index (χ0n) is 17.1. The molecule has 1 aromatic carbocycles. The van der Waals surface area contributed by atoms with Crippen LogP contribution in [0.2, 0.25) is 0 Å². The minimum atomic E-state index is -0.618. The monoisotopic (exact) mass is 441 g/mol. The van der Waals surface area contributed by atoms with Gasteiger partial charge in [-0.25, -0.2) is 4.79 Å². The lowest BCUT2D eigenvalue weighted by Crippen LogP contribution is -2.45. The molecule has 0 radical (unpaired) electrons. The molecule has 1 aliphatic rings. The molecule has 3 rings (SSSR count). The maximum absolute atomic E-state index is 12.5. The number of thiophene rings is 1. The summed E-state index contributed by atoms with van der Waals surface area (Å²) in [5, 5.41) is 15.4. The number of hydrogen-bond donors (Lipinski definition) is 3. The zero-order chi connectivity index (χ0) is 22.4. The van der Waals surface area contributed by atoms with Crippen LogP contribution in [0.1, 0.15) is 28.0 Å². The fourth-order valence-electron chi connectivity index (χ4n) is 3.40. The van der Waals surface area contributed by atoms with E-state index in [0.29, 0.717) is 36.5 Å². The first-order chi connectivity index (χ1) is 14.9. The quantitative estimate of drug-likeness (QED) is 0.601. The van der Waals surface area contributed by atoms with E-state index in [4.69, 9.17) is 10.5 Å². The Balaban J connectivity index is 1.65. The summed E-state index contributed by atoms with van der Waals surface area (Å²) in [6.45, 7) is 0.476. The van der Waals surface area contributed by atoms with E-state index in [1.807, 2.05) is 24.3 Å². The van der Waals surface area contributed by atoms with Crippen molar-refractivity contribution in [1.29, 1.82) is 5.26 Å². The summed E-state index contributed by atoms with van der Waals surface area (Å²) in [5.41, 5.74) is 7.29. The second kappa shape index (κ2) is 9.95. The van der Waals surface area contributed by atoms with Crippen LogP contribution in [-0.2, 0) is 29.0 Å². The summed E-state index contributed by atoms with van der Waals surface area (Å²) < 4.78 is 5.31. The molecule has 2 aromatic rings. The first-order valence-corrected chi connectivity index (χ1v) is 10.5. The number of urea groups is 1. The van der Waals surface area contributed by atoms with Gasteiger partial charge >= 0.3 is 6.03 Å². The van der Waals surface area contributed by atoms with Crippen LogP contribution < -0.4 is 21.1 Å². The van der Waals surface area contributed by atoms with Crippen molar-refractivity contribution in [2.24, 2.45) is 5.73 Å². The van der Waals surface area contributed by atoms with Gasteiger partial charge in [-0.1, -0.05) is 18.2 Å². The van der Waals surface area contributed by atoms with Crippen molar-refractivity contribution >= 4 is 34.2 Å². The van der Waals surface area contributed by atoms with E-state index in [2.05, 4.69) is 16.7 Å². The van der Waals surface area contributed by atoms with Gasteiger partial charge in [0.05, 0.1) is 25.8 Å². The van der Waals surface area contributed by atoms with Crippen molar-refractivity contribution in [2.75, 3.05) is 25.5 Å². The van der Waals surface area contributed by atoms with Crippen LogP contribution in [-0.4, -0.2) is 42.9 Å². The van der Waals surface area contributed by atoms with E-state index in [0.717, 1.165) is 21.8 Å². The Bertz CT molecular complexity index is 1040. The molecule has 2 heterocycles. The number of carbonyl (C=O) groups is 3. The van der Waals surface area contributed by atoms with Crippen LogP contribution in [0.15, 0.2) is 24.3 Å². The minimum absolute atomic E-state index is 0.197. The predicted molar refractivity (Wildman–Crippen MR) is 116 cm³/mol. The Labute approximate surface area is 183 Å². The Morgan fingerprint density at radius 2 is 2.10 bits per heavy atom. The SMILES string of the molecule is COc1ccccc1CCC(=O)Nc1sc2c(c1C#N)CCN(C(=O)NCC(N)=O)C2. The van der Waals surface area contributed by atoms with Gasteiger partial charge in [0.15, 0.2) is 0 Å². The smallest absolute Gasteiger partial charge is 0.318 e. The van der Waals surface area contributed by atoms with Gasteiger partial charge in [0.1, 0.15) is 16.8 Å². The molecule has 162 valence electrons. The minimum Gasteiger partial charge on any atom is -0.496 e. The second-order valence-corrected chi connectivity index (χ2v) is 8.08. The lowest BCUT2D eigenvalue weighted by atomic mass is 10.0. The number of nitrogens with zero attached hydrogens (tertiary/aromatic N) is 2. The first-order valence-electron chi connectivity index (χ1n) is 9.70. The fraction of sp³-hybridized carbons (Fsp3) is 0.333. The van der Waals surface area contributed by atoms with Crippen molar-refractivity contribution in [3.63, 3.8) is 0 Å². The van der Waals surface area contributed by atoms with Gasteiger partial charge in [0.25, 0.3) is 0 Å². The van der Waals surface area contributed by atoms with Gasteiger partial charge in [-0.3, -0.25) is 9.59 Å². The third kappa shape index (κ3) is 5.32. The van der Waals surface area contributed by atoms with E-state index in [-0.39, 0.29) is 18.9 Å². The summed E-state index contributed by atoms with van der Waals surface area (Å²) in [7, 11) is 1.59. The first kappa shape index (κ1) is 22.1. The molecule has 0 bridgehead atoms. The number of amides is 4. The van der Waals surface area contributed by atoms with Crippen LogP contribution in [0.25, 0.3) is 0 Å². The number of primary amides is 1. The molecular weight excluding hydrogens is 418 g/mol. The van der Waals surface area contributed by atoms with Crippen LogP contribution in [0, 0.1) is 11.3 Å². The number of rotatable bonds is 7. The molecule has 4 N–H and O–H groups in total. The number of aryl methyl sites for hydroxylation is 1. The Morgan fingerprint density at radius 3 is 2.81 bits per heavy atom. The normalized spacial score (nSPS) is 12.5. The standard InChI is InChI=1S/C21H23N5O4S/c1-30-16-5-3-2-4-13(16)6-7-19(28)25-20-15(10-22)14-8-9-26(12-17(14)31-20)21(29)24-11-18(23)27/h2-5H,6-9,11-12H2,1H3,(H2,23,27)(H,24,29)(H,25,28). The van der Waals surface area contributed by atoms with Crippen LogP contribution >= 0.6 is 11.3 Å². The number of hydrogen-bond acceptors (Lipinski definition) is 6. The molecule has 0 saturated carbocycles. The van der Waals surface area contributed by atoms with E-state index < -0.39 is 11.9 Å². The Hall–Kier alpha value is -3.58. The number of ether oxygens (including phenoxy) is 1. The van der Waals surface area contributed by atoms with Crippen LogP contribution in [0.4, 0.5) is 9.80 Å². The number of nitriles is 1. The lowest BCUT2D eigenvalue weighted by Gasteiger charge is -2.26. The largest absolute Gasteiger partial charge is 0.496 e. The molecule has 0 atom stereocenters. The highest BCUT2D eigenvalue weighted by Gasteiger charge is 2.27. The second-order valence-electron chi connectivity index (χ2n) is 6.98. The molecule has 0 spiro atoms. The fourth-order valence-corrected chi connectivity index (χ4v) is 4.63. The average molecular weight is 442 g/mol. The van der Waals surface area contributed by atoms with Gasteiger partial charge in [-0.15, -0.1) is 11.3 Å². The molecule has 1 aromatic heterocycles. The average Bonchev–Trinajstić information content (AvgIpc) is 3.11. The molecule has 1 aliphatic heterocycles. The third-order valence-corrected chi connectivity index (χ3v) is 6.07. The number of para-hydroxylation sites is 1. The molecule has 0 aliphatic carbocycles. The summed E-state index contributed by atoms with van der Waals surface area (Å²) in [6, 6.07) is 9.31. The molecule has 0 unspecified atom stereocenters. The van der Waals surface area contributed by atoms with E-state index >= 15 is 0 Å². The van der Waals surface area contributed by atoms with E-state index in [9.17, 15) is 19.6 Å². The summed E-state index contributed by atoms with van der Waals surface area (Å²) in [6.07, 6.45) is 1.25. The van der Waals surface area contributed by atoms with Crippen LogP contribution in [0.3, 0.4) is 0 Å². The number of nitrogens with two attached hydrogens (primary N) is 1. The summed E-state index contributed by atoms with van der Waals surface area (Å²) >= 11 is 1.30. The summed E-state index contributed by atoms with van der Waals surface area (Å²) in [5.74, 6) is -0.0848. The molecule has 31 heavy (non-hydrogen) atoms. The van der Waals surface area contributed by atoms with Crippen molar-refractivity contribution in [2.45, 2.75) is 25.8 Å². The van der Waals surface area contributed by atoms with Gasteiger partial charge in [-0.05, 0) is 30.0 Å². The molecule has 4 amide bonds. The van der Waals surface area contributed by atoms with E-state index in [1.165, 1.54) is 11.3 Å². The Kier molecular flexibility index (Phi) is 7.10.